The van der Waals surface area contributed by atoms with Crippen molar-refractivity contribution < 1.29 is 0 Å². The molecular weight excluding hydrogens is 234 g/mol. The zero-order valence-electron chi connectivity index (χ0n) is 12.3. The van der Waals surface area contributed by atoms with Gasteiger partial charge in [-0.05, 0) is 69.4 Å². The molecule has 0 spiro atoms. The van der Waals surface area contributed by atoms with Gasteiger partial charge in [0.05, 0.1) is 0 Å². The highest BCUT2D eigenvalue weighted by Gasteiger charge is 2.32. The van der Waals surface area contributed by atoms with Crippen LogP contribution in [0.5, 0.6) is 0 Å². The first-order chi connectivity index (χ1) is 9.31. The van der Waals surface area contributed by atoms with Crippen molar-refractivity contribution in [1.29, 1.82) is 0 Å². The van der Waals surface area contributed by atoms with Crippen molar-refractivity contribution in [1.82, 2.24) is 15.2 Å². The second-order valence-electron chi connectivity index (χ2n) is 5.69. The first-order valence-electron chi connectivity index (χ1n) is 7.61. The minimum atomic E-state index is 0.784. The number of hydrogen-bond donors (Lipinski definition) is 1. The molecule has 1 aromatic rings. The molecule has 1 aliphatic carbocycles. The third-order valence-electron chi connectivity index (χ3n) is 4.28. The van der Waals surface area contributed by atoms with Crippen LogP contribution in [-0.2, 0) is 6.42 Å². The summed E-state index contributed by atoms with van der Waals surface area (Å²) in [5.74, 6) is 0.856. The summed E-state index contributed by atoms with van der Waals surface area (Å²) in [5.41, 5.74) is 1.39. The maximum atomic E-state index is 4.07. The molecule has 3 heteroatoms. The predicted octanol–water partition coefficient (Wildman–Crippen LogP) is 2.33. The molecule has 0 bridgehead atoms. The number of hydrogen-bond acceptors (Lipinski definition) is 3. The first-order valence-corrected chi connectivity index (χ1v) is 7.61. The van der Waals surface area contributed by atoms with Crippen LogP contribution in [0.4, 0.5) is 0 Å². The van der Waals surface area contributed by atoms with Crippen LogP contribution < -0.4 is 5.32 Å². The van der Waals surface area contributed by atoms with Gasteiger partial charge in [-0.15, -0.1) is 0 Å². The molecule has 0 amide bonds. The lowest BCUT2D eigenvalue weighted by Gasteiger charge is -2.43. The summed E-state index contributed by atoms with van der Waals surface area (Å²) in [4.78, 5) is 6.61. The van der Waals surface area contributed by atoms with Gasteiger partial charge >= 0.3 is 0 Å². The quantitative estimate of drug-likeness (QED) is 0.728. The fourth-order valence-corrected chi connectivity index (χ4v) is 2.85. The number of nitrogens with one attached hydrogen (secondary N) is 1. The summed E-state index contributed by atoms with van der Waals surface area (Å²) in [6.07, 6.45) is 8.89. The van der Waals surface area contributed by atoms with Crippen molar-refractivity contribution in [2.45, 2.75) is 38.6 Å². The molecule has 0 aliphatic heterocycles. The molecule has 1 saturated carbocycles. The summed E-state index contributed by atoms with van der Waals surface area (Å²) >= 11 is 0. The van der Waals surface area contributed by atoms with Gasteiger partial charge in [0.25, 0.3) is 0 Å². The van der Waals surface area contributed by atoms with Gasteiger partial charge in [0, 0.05) is 25.0 Å². The van der Waals surface area contributed by atoms with Crippen molar-refractivity contribution in [3.05, 3.63) is 30.1 Å². The van der Waals surface area contributed by atoms with E-state index in [1.807, 2.05) is 12.4 Å². The molecular formula is C16H27N3. The molecule has 0 radical (unpaired) electrons. The highest BCUT2D eigenvalue weighted by molar-refractivity contribution is 5.10. The number of nitrogens with zero attached hydrogens (tertiary/aromatic N) is 2. The van der Waals surface area contributed by atoms with Gasteiger partial charge in [0.1, 0.15) is 0 Å². The highest BCUT2D eigenvalue weighted by Crippen LogP contribution is 2.30. The third-order valence-corrected chi connectivity index (χ3v) is 4.28. The Labute approximate surface area is 117 Å². The van der Waals surface area contributed by atoms with E-state index in [1.54, 1.807) is 0 Å². The fraction of sp³-hybridized carbons (Fsp3) is 0.688. The lowest BCUT2D eigenvalue weighted by atomic mass is 9.78. The van der Waals surface area contributed by atoms with Crippen molar-refractivity contribution in [3.8, 4) is 0 Å². The van der Waals surface area contributed by atoms with Crippen molar-refractivity contribution >= 4 is 0 Å². The largest absolute Gasteiger partial charge is 0.316 e. The van der Waals surface area contributed by atoms with Crippen LogP contribution >= 0.6 is 0 Å². The molecule has 0 aromatic carbocycles. The Morgan fingerprint density at radius 2 is 2.11 bits per heavy atom. The second-order valence-corrected chi connectivity index (χ2v) is 5.69. The molecule has 106 valence electrons. The molecule has 1 heterocycles. The van der Waals surface area contributed by atoms with E-state index < -0.39 is 0 Å². The van der Waals surface area contributed by atoms with E-state index in [9.17, 15) is 0 Å². The normalized spacial score (nSPS) is 22.5. The van der Waals surface area contributed by atoms with Gasteiger partial charge in [-0.1, -0.05) is 6.92 Å². The van der Waals surface area contributed by atoms with Gasteiger partial charge < -0.3 is 10.2 Å². The van der Waals surface area contributed by atoms with Crippen LogP contribution in [0.15, 0.2) is 24.5 Å². The highest BCUT2D eigenvalue weighted by atomic mass is 15.1. The monoisotopic (exact) mass is 261 g/mol. The second kappa shape index (κ2) is 7.61. The molecule has 2 unspecified atom stereocenters. The zero-order valence-corrected chi connectivity index (χ0v) is 12.3. The van der Waals surface area contributed by atoms with Crippen molar-refractivity contribution in [2.75, 3.05) is 26.7 Å². The predicted molar refractivity (Wildman–Crippen MR) is 80.2 cm³/mol. The Morgan fingerprint density at radius 1 is 1.32 bits per heavy atom. The average Bonchev–Trinajstić information content (AvgIpc) is 2.41. The Hall–Kier alpha value is -0.930. The summed E-state index contributed by atoms with van der Waals surface area (Å²) in [7, 11) is 2.28. The van der Waals surface area contributed by atoms with Crippen LogP contribution in [0.3, 0.4) is 0 Å². The first kappa shape index (κ1) is 14.5. The third kappa shape index (κ3) is 4.29. The fourth-order valence-electron chi connectivity index (χ4n) is 2.85. The van der Waals surface area contributed by atoms with Crippen molar-refractivity contribution in [3.63, 3.8) is 0 Å². The minimum absolute atomic E-state index is 0.784. The van der Waals surface area contributed by atoms with Gasteiger partial charge in [0.15, 0.2) is 0 Å². The van der Waals surface area contributed by atoms with E-state index in [1.165, 1.54) is 31.4 Å². The maximum Gasteiger partial charge on any atom is 0.0270 e. The van der Waals surface area contributed by atoms with Gasteiger partial charge in [0.2, 0.25) is 0 Å². The standard InChI is InChI=1S/C16H27N3/c1-3-9-18-13-15-4-5-16(15)19(2)12-8-14-6-10-17-11-7-14/h6-7,10-11,15-16,18H,3-5,8-9,12-13H2,1-2H3. The molecule has 0 saturated heterocycles. The molecule has 1 fully saturated rings. The van der Waals surface area contributed by atoms with E-state index in [0.29, 0.717) is 0 Å². The molecule has 2 atom stereocenters. The molecule has 1 N–H and O–H groups in total. The van der Waals surface area contributed by atoms with Crippen LogP contribution in [0.1, 0.15) is 31.7 Å². The Kier molecular flexibility index (Phi) is 5.80. The Morgan fingerprint density at radius 3 is 2.74 bits per heavy atom. The molecule has 19 heavy (non-hydrogen) atoms. The van der Waals surface area contributed by atoms with E-state index in [0.717, 1.165) is 31.5 Å². The van der Waals surface area contributed by atoms with Gasteiger partial charge in [-0.2, -0.15) is 0 Å². The Balaban J connectivity index is 1.69. The summed E-state index contributed by atoms with van der Waals surface area (Å²) in [6, 6.07) is 5.02. The molecule has 3 nitrogen and oxygen atoms in total. The lowest BCUT2D eigenvalue weighted by Crippen LogP contribution is -2.49. The van der Waals surface area contributed by atoms with E-state index in [-0.39, 0.29) is 0 Å². The topological polar surface area (TPSA) is 28.2 Å². The number of likely N-dealkylation sites (N-methyl/N-ethyl adjacent to an activating group) is 1. The van der Waals surface area contributed by atoms with E-state index >= 15 is 0 Å². The van der Waals surface area contributed by atoms with E-state index in [4.69, 9.17) is 0 Å². The van der Waals surface area contributed by atoms with Crippen LogP contribution in [0.2, 0.25) is 0 Å². The van der Waals surface area contributed by atoms with Crippen molar-refractivity contribution in [2.24, 2.45) is 5.92 Å². The summed E-state index contributed by atoms with van der Waals surface area (Å²) in [6.45, 7) is 5.73. The van der Waals surface area contributed by atoms with E-state index in [2.05, 4.69) is 41.3 Å². The van der Waals surface area contributed by atoms with Gasteiger partial charge in [-0.3, -0.25) is 4.98 Å². The maximum absolute atomic E-state index is 4.07. The number of aromatic nitrogens is 1. The zero-order chi connectivity index (χ0) is 13.5. The minimum Gasteiger partial charge on any atom is -0.316 e. The number of pyridine rings is 1. The van der Waals surface area contributed by atoms with Crippen LogP contribution in [-0.4, -0.2) is 42.6 Å². The Bertz CT molecular complexity index is 352. The average molecular weight is 261 g/mol. The molecule has 2 rings (SSSR count). The smallest absolute Gasteiger partial charge is 0.0270 e. The number of rotatable bonds is 8. The summed E-state index contributed by atoms with van der Waals surface area (Å²) in [5, 5.41) is 3.56. The summed E-state index contributed by atoms with van der Waals surface area (Å²) < 4.78 is 0. The lowest BCUT2D eigenvalue weighted by molar-refractivity contribution is 0.0849. The molecule has 1 aromatic heterocycles. The van der Waals surface area contributed by atoms with Crippen LogP contribution in [0.25, 0.3) is 0 Å². The molecule has 1 aliphatic rings. The van der Waals surface area contributed by atoms with Gasteiger partial charge in [-0.25, -0.2) is 0 Å². The van der Waals surface area contributed by atoms with Crippen LogP contribution in [0, 0.1) is 5.92 Å². The SMILES string of the molecule is CCCNCC1CCC1N(C)CCc1ccncc1.